The third-order valence-electron chi connectivity index (χ3n) is 4.55. The minimum atomic E-state index is -0.674. The Labute approximate surface area is 163 Å². The van der Waals surface area contributed by atoms with Crippen LogP contribution < -0.4 is 5.32 Å². The lowest BCUT2D eigenvalue weighted by Crippen LogP contribution is -2.32. The Morgan fingerprint density at radius 2 is 1.71 bits per heavy atom. The molecule has 0 aromatic heterocycles. The van der Waals surface area contributed by atoms with Crippen molar-refractivity contribution in [2.24, 2.45) is 0 Å². The molecule has 0 aliphatic carbocycles. The van der Waals surface area contributed by atoms with Gasteiger partial charge in [-0.15, -0.1) is 0 Å². The number of nitrogens with one attached hydrogen (secondary N) is 1. The van der Waals surface area contributed by atoms with Crippen molar-refractivity contribution in [1.29, 1.82) is 0 Å². The summed E-state index contributed by atoms with van der Waals surface area (Å²) in [6.45, 7) is 7.33. The number of amides is 2. The summed E-state index contributed by atoms with van der Waals surface area (Å²) < 4.78 is 5.01. The van der Waals surface area contributed by atoms with E-state index in [9.17, 15) is 14.4 Å². The van der Waals surface area contributed by atoms with Crippen molar-refractivity contribution in [3.63, 3.8) is 0 Å². The predicted octanol–water partition coefficient (Wildman–Crippen LogP) is 3.42. The molecule has 144 valence electrons. The van der Waals surface area contributed by atoms with E-state index in [0.717, 1.165) is 0 Å². The fraction of sp³-hybridized carbons (Fsp3) is 0.227. The van der Waals surface area contributed by atoms with Gasteiger partial charge in [-0.25, -0.2) is 0 Å². The summed E-state index contributed by atoms with van der Waals surface area (Å²) in [7, 11) is 0. The predicted molar refractivity (Wildman–Crippen MR) is 107 cm³/mol. The first-order chi connectivity index (χ1) is 13.4. The van der Waals surface area contributed by atoms with Crippen LogP contribution in [0.1, 0.15) is 41.3 Å². The van der Waals surface area contributed by atoms with E-state index in [1.54, 1.807) is 36.4 Å². The monoisotopic (exact) mass is 378 g/mol. The maximum Gasteiger partial charge on any atom is 0.326 e. The van der Waals surface area contributed by atoms with E-state index in [2.05, 4.69) is 25.7 Å². The number of rotatable bonds is 6. The van der Waals surface area contributed by atoms with Crippen LogP contribution in [0, 0.1) is 0 Å². The minimum absolute atomic E-state index is 0.289. The molecule has 0 bridgehead atoms. The molecule has 0 unspecified atom stereocenters. The number of esters is 1. The van der Waals surface area contributed by atoms with Gasteiger partial charge >= 0.3 is 5.97 Å². The van der Waals surface area contributed by atoms with Crippen LogP contribution in [0.4, 0.5) is 5.69 Å². The molecule has 1 N–H and O–H groups in total. The Morgan fingerprint density at radius 3 is 2.32 bits per heavy atom. The van der Waals surface area contributed by atoms with Crippen LogP contribution in [0.15, 0.2) is 55.1 Å². The van der Waals surface area contributed by atoms with Crippen molar-refractivity contribution in [3.05, 3.63) is 71.8 Å². The van der Waals surface area contributed by atoms with E-state index < -0.39 is 18.5 Å². The minimum Gasteiger partial charge on any atom is -0.454 e. The smallest absolute Gasteiger partial charge is 0.326 e. The standard InChI is InChI=1S/C22H22N2O4/c1-14(2)16-8-10-17(11-9-16)23-20(25)13-28-21(26)12-24-15(3)18-6-4-5-7-19(18)22(24)27/h4-11,14H,3,12-13H2,1-2H3,(H,23,25). The number of nitrogens with zero attached hydrogens (tertiary/aromatic N) is 1. The average Bonchev–Trinajstić information content (AvgIpc) is 2.92. The fourth-order valence-corrected chi connectivity index (χ4v) is 2.97. The Morgan fingerprint density at radius 1 is 1.07 bits per heavy atom. The van der Waals surface area contributed by atoms with E-state index in [1.165, 1.54) is 10.5 Å². The Hall–Kier alpha value is -3.41. The summed E-state index contributed by atoms with van der Waals surface area (Å²) >= 11 is 0. The van der Waals surface area contributed by atoms with Gasteiger partial charge < -0.3 is 10.1 Å². The van der Waals surface area contributed by atoms with Crippen LogP contribution in [0.3, 0.4) is 0 Å². The van der Waals surface area contributed by atoms with Crippen molar-refractivity contribution in [2.75, 3.05) is 18.5 Å². The first kappa shape index (κ1) is 19.4. The number of benzene rings is 2. The summed E-state index contributed by atoms with van der Waals surface area (Å²) in [5, 5.41) is 2.67. The zero-order valence-corrected chi connectivity index (χ0v) is 15.9. The van der Waals surface area contributed by atoms with Crippen LogP contribution in [0.25, 0.3) is 5.70 Å². The van der Waals surface area contributed by atoms with Gasteiger partial charge in [0.15, 0.2) is 6.61 Å². The van der Waals surface area contributed by atoms with Crippen LogP contribution in [-0.4, -0.2) is 35.8 Å². The molecular formula is C22H22N2O4. The SMILES string of the molecule is C=C1c2ccccc2C(=O)N1CC(=O)OCC(=O)Nc1ccc(C(C)C)cc1. The molecule has 0 radical (unpaired) electrons. The van der Waals surface area contributed by atoms with E-state index in [4.69, 9.17) is 4.74 Å². The lowest BCUT2D eigenvalue weighted by Gasteiger charge is -2.16. The molecule has 6 heteroatoms. The van der Waals surface area contributed by atoms with Gasteiger partial charge in [0.25, 0.3) is 11.8 Å². The molecule has 28 heavy (non-hydrogen) atoms. The van der Waals surface area contributed by atoms with E-state index in [0.29, 0.717) is 28.4 Å². The van der Waals surface area contributed by atoms with Crippen molar-refractivity contribution in [3.8, 4) is 0 Å². The van der Waals surface area contributed by atoms with Crippen molar-refractivity contribution in [2.45, 2.75) is 19.8 Å². The molecule has 6 nitrogen and oxygen atoms in total. The maximum absolute atomic E-state index is 12.4. The number of hydrogen-bond donors (Lipinski definition) is 1. The maximum atomic E-state index is 12.4. The van der Waals surface area contributed by atoms with Gasteiger partial charge in [-0.1, -0.05) is 50.8 Å². The highest BCUT2D eigenvalue weighted by molar-refractivity contribution is 6.10. The molecular weight excluding hydrogens is 356 g/mol. The van der Waals surface area contributed by atoms with E-state index in [1.807, 2.05) is 12.1 Å². The van der Waals surface area contributed by atoms with Gasteiger partial charge in [-0.05, 0) is 29.7 Å². The van der Waals surface area contributed by atoms with E-state index in [-0.39, 0.29) is 12.5 Å². The third-order valence-corrected chi connectivity index (χ3v) is 4.55. The van der Waals surface area contributed by atoms with Crippen molar-refractivity contribution >= 4 is 29.2 Å². The molecule has 2 amide bonds. The van der Waals surface area contributed by atoms with Gasteiger partial charge in [0.2, 0.25) is 0 Å². The normalized spacial score (nSPS) is 12.9. The molecule has 1 heterocycles. The van der Waals surface area contributed by atoms with Crippen molar-refractivity contribution in [1.82, 2.24) is 4.90 Å². The number of carbonyl (C=O) groups excluding carboxylic acids is 3. The second-order valence-corrected chi connectivity index (χ2v) is 6.87. The van der Waals surface area contributed by atoms with Crippen molar-refractivity contribution < 1.29 is 19.1 Å². The molecule has 1 aliphatic rings. The first-order valence-electron chi connectivity index (χ1n) is 9.02. The Bertz CT molecular complexity index is 897. The highest BCUT2D eigenvalue weighted by Gasteiger charge is 2.32. The summed E-state index contributed by atoms with van der Waals surface area (Å²) in [6.07, 6.45) is 0. The number of fused-ring (bicyclic) bond motifs is 1. The number of ether oxygens (including phenoxy) is 1. The average molecular weight is 378 g/mol. The number of hydrogen-bond acceptors (Lipinski definition) is 4. The molecule has 1 aliphatic heterocycles. The molecule has 2 aromatic carbocycles. The second-order valence-electron chi connectivity index (χ2n) is 6.87. The second kappa shape index (κ2) is 8.08. The summed E-state index contributed by atoms with van der Waals surface area (Å²) in [4.78, 5) is 37.7. The number of anilines is 1. The molecule has 0 spiro atoms. The molecule has 2 aromatic rings. The van der Waals surface area contributed by atoms with Crippen LogP contribution in [0.5, 0.6) is 0 Å². The molecule has 0 fully saturated rings. The van der Waals surface area contributed by atoms with Crippen LogP contribution >= 0.6 is 0 Å². The summed E-state index contributed by atoms with van der Waals surface area (Å²) in [6, 6.07) is 14.5. The molecule has 0 atom stereocenters. The lowest BCUT2D eigenvalue weighted by molar-refractivity contribution is -0.147. The van der Waals surface area contributed by atoms with Gasteiger partial charge in [-0.3, -0.25) is 19.3 Å². The Balaban J connectivity index is 1.50. The molecule has 0 saturated carbocycles. The molecule has 0 saturated heterocycles. The van der Waals surface area contributed by atoms with Crippen LogP contribution in [-0.2, 0) is 14.3 Å². The quantitative estimate of drug-likeness (QED) is 0.782. The van der Waals surface area contributed by atoms with Gasteiger partial charge in [0, 0.05) is 22.5 Å². The third kappa shape index (κ3) is 4.11. The van der Waals surface area contributed by atoms with Crippen LogP contribution in [0.2, 0.25) is 0 Å². The number of carbonyl (C=O) groups is 3. The van der Waals surface area contributed by atoms with Gasteiger partial charge in [-0.2, -0.15) is 0 Å². The zero-order valence-electron chi connectivity index (χ0n) is 15.9. The highest BCUT2D eigenvalue weighted by Crippen LogP contribution is 2.30. The largest absolute Gasteiger partial charge is 0.454 e. The van der Waals surface area contributed by atoms with Gasteiger partial charge in [0.1, 0.15) is 6.54 Å². The van der Waals surface area contributed by atoms with E-state index >= 15 is 0 Å². The topological polar surface area (TPSA) is 75.7 Å². The zero-order chi connectivity index (χ0) is 20.3. The highest BCUT2D eigenvalue weighted by atomic mass is 16.5. The Kier molecular flexibility index (Phi) is 5.59. The summed E-state index contributed by atoms with van der Waals surface area (Å²) in [5.41, 5.74) is 3.45. The summed E-state index contributed by atoms with van der Waals surface area (Å²) in [5.74, 6) is -1.01. The lowest BCUT2D eigenvalue weighted by atomic mass is 10.0. The first-order valence-corrected chi connectivity index (χ1v) is 9.02. The fourth-order valence-electron chi connectivity index (χ4n) is 2.97. The van der Waals surface area contributed by atoms with Gasteiger partial charge in [0.05, 0.1) is 0 Å². The molecule has 3 rings (SSSR count).